The molecule has 1 saturated heterocycles. The van der Waals surface area contributed by atoms with Gasteiger partial charge in [-0.15, -0.1) is 0 Å². The first-order valence-corrected chi connectivity index (χ1v) is 16.1. The standard InChI is InChI=1S/C31H44N5O8S.H2O.W/c32-26-45-23-22-43-20-21-44-25-30(28-5-1-2-7-33-28)36-10-14-41-18-16-39-12-8-35(9-13-40-17-19-42-15-11-36)24-27-4-3-6-29(34-27)31(37)38;;/h1-6,30H,8-25H2,(H,37,38);1H2;/q-1;;. The number of hydrogen-bond donors (Lipinski definition) is 1. The molecule has 2 aromatic heterocycles. The van der Waals surface area contributed by atoms with E-state index < -0.39 is 5.97 Å². The molecule has 1 atom stereocenters. The van der Waals surface area contributed by atoms with Crippen LogP contribution in [0.1, 0.15) is 27.9 Å². The van der Waals surface area contributed by atoms with Crippen molar-refractivity contribution in [2.24, 2.45) is 0 Å². The van der Waals surface area contributed by atoms with E-state index in [9.17, 15) is 9.90 Å². The Labute approximate surface area is 295 Å². The van der Waals surface area contributed by atoms with E-state index in [1.54, 1.807) is 12.1 Å². The summed E-state index contributed by atoms with van der Waals surface area (Å²) in [7, 11) is 0. The van der Waals surface area contributed by atoms with Gasteiger partial charge in [-0.05, 0) is 23.9 Å². The first-order valence-electron chi connectivity index (χ1n) is 15.1. The number of nitriles is 1. The van der Waals surface area contributed by atoms with Gasteiger partial charge < -0.3 is 44.0 Å². The fourth-order valence-corrected chi connectivity index (χ4v) is 4.76. The van der Waals surface area contributed by atoms with Gasteiger partial charge in [0, 0.05) is 65.6 Å². The van der Waals surface area contributed by atoms with E-state index >= 15 is 0 Å². The SMILES string of the molecule is N#CSCCOCCOCC(c1ccc[c-]n1)N1CCOCCOCCN(Cc2cccc(C(=O)O)n2)CCOCCOCC1.O.[W]. The van der Waals surface area contributed by atoms with Crippen LogP contribution in [0.15, 0.2) is 36.4 Å². The maximum absolute atomic E-state index is 11.3. The van der Waals surface area contributed by atoms with Gasteiger partial charge in [0.1, 0.15) is 11.1 Å². The Kier molecular flexibility index (Phi) is 25.5. The van der Waals surface area contributed by atoms with E-state index in [0.717, 1.165) is 5.69 Å². The van der Waals surface area contributed by atoms with Crippen LogP contribution >= 0.6 is 11.8 Å². The molecule has 1 fully saturated rings. The Morgan fingerprint density at radius 2 is 1.57 bits per heavy atom. The Morgan fingerprint density at radius 1 is 0.936 bits per heavy atom. The van der Waals surface area contributed by atoms with Gasteiger partial charge in [-0.1, -0.05) is 18.0 Å². The second-order valence-corrected chi connectivity index (χ2v) is 10.8. The third kappa shape index (κ3) is 18.9. The van der Waals surface area contributed by atoms with Crippen molar-refractivity contribution in [3.05, 3.63) is 59.7 Å². The zero-order valence-electron chi connectivity index (χ0n) is 26.6. The third-order valence-electron chi connectivity index (χ3n) is 6.76. The maximum Gasteiger partial charge on any atom is 0.354 e. The number of hydrogen-bond acceptors (Lipinski definition) is 13. The number of nitrogens with zero attached hydrogens (tertiary/aromatic N) is 5. The number of thioether (sulfide) groups is 1. The normalized spacial score (nSPS) is 17.2. The molecule has 0 bridgehead atoms. The first-order chi connectivity index (χ1) is 22.2. The number of thiocyanates is 1. The van der Waals surface area contributed by atoms with E-state index in [-0.39, 0.29) is 38.3 Å². The molecule has 1 aliphatic rings. The molecule has 16 heteroatoms. The van der Waals surface area contributed by atoms with E-state index in [0.29, 0.717) is 123 Å². The zero-order chi connectivity index (χ0) is 31.8. The van der Waals surface area contributed by atoms with E-state index in [2.05, 4.69) is 26.0 Å². The van der Waals surface area contributed by atoms with Crippen LogP contribution in [0.3, 0.4) is 0 Å². The van der Waals surface area contributed by atoms with E-state index in [4.69, 9.17) is 33.7 Å². The number of aromatic nitrogens is 2. The maximum atomic E-state index is 11.3. The molecule has 14 nitrogen and oxygen atoms in total. The number of carbonyl (C=O) groups is 1. The molecule has 0 aliphatic carbocycles. The Hall–Kier alpha value is -2.06. The van der Waals surface area contributed by atoms with Gasteiger partial charge in [0.2, 0.25) is 0 Å². The molecule has 262 valence electrons. The molecule has 0 aromatic carbocycles. The second-order valence-electron chi connectivity index (χ2n) is 9.92. The Bertz CT molecular complexity index is 1100. The van der Waals surface area contributed by atoms with Crippen LogP contribution in [-0.4, -0.2) is 148 Å². The predicted molar refractivity (Wildman–Crippen MR) is 170 cm³/mol. The number of pyridine rings is 2. The van der Waals surface area contributed by atoms with Gasteiger partial charge >= 0.3 is 5.97 Å². The number of carboxylic acid groups (broad SMARTS) is 1. The quantitative estimate of drug-likeness (QED) is 0.173. The largest absolute Gasteiger partial charge is 0.477 e. The topological polar surface area (TPSA) is 180 Å². The van der Waals surface area contributed by atoms with Crippen LogP contribution in [0.25, 0.3) is 0 Å². The molecule has 3 rings (SSSR count). The fourth-order valence-electron chi connectivity index (χ4n) is 4.47. The smallest absolute Gasteiger partial charge is 0.354 e. The van der Waals surface area contributed by atoms with Crippen molar-refractivity contribution in [1.82, 2.24) is 19.8 Å². The summed E-state index contributed by atoms with van der Waals surface area (Å²) in [6, 6.07) is 10.5. The van der Waals surface area contributed by atoms with Crippen LogP contribution in [0.5, 0.6) is 0 Å². The van der Waals surface area contributed by atoms with Crippen molar-refractivity contribution >= 4 is 17.7 Å². The summed E-state index contributed by atoms with van der Waals surface area (Å²) in [5.74, 6) is -0.413. The van der Waals surface area contributed by atoms with Gasteiger partial charge in [0.25, 0.3) is 0 Å². The molecule has 1 aliphatic heterocycles. The van der Waals surface area contributed by atoms with Crippen LogP contribution in [0.4, 0.5) is 0 Å². The minimum Gasteiger partial charge on any atom is -0.477 e. The molecule has 1 unspecified atom stereocenters. The molecule has 0 radical (unpaired) electrons. The molecule has 0 amide bonds. The molecule has 3 N–H and O–H groups in total. The Morgan fingerprint density at radius 3 is 2.17 bits per heavy atom. The third-order valence-corrected chi connectivity index (χ3v) is 7.26. The fraction of sp³-hybridized carbons (Fsp3) is 0.613. The predicted octanol–water partition coefficient (Wildman–Crippen LogP) is 1.32. The number of ether oxygens (including phenoxy) is 6. The van der Waals surface area contributed by atoms with Gasteiger partial charge in [0.15, 0.2) is 0 Å². The molecule has 0 saturated carbocycles. The summed E-state index contributed by atoms with van der Waals surface area (Å²) >= 11 is 1.17. The molecule has 0 spiro atoms. The summed E-state index contributed by atoms with van der Waals surface area (Å²) < 4.78 is 35.1. The molecule has 2 aromatic rings. The average Bonchev–Trinajstić information content (AvgIpc) is 3.05. The number of carboxylic acids is 1. The van der Waals surface area contributed by atoms with Gasteiger partial charge in [-0.2, -0.15) is 23.5 Å². The van der Waals surface area contributed by atoms with Gasteiger partial charge in [0.05, 0.1) is 85.0 Å². The second kappa shape index (κ2) is 27.8. The minimum atomic E-state index is -1.05. The summed E-state index contributed by atoms with van der Waals surface area (Å²) in [6.07, 6.45) is 2.93. The van der Waals surface area contributed by atoms with Crippen molar-refractivity contribution in [3.63, 3.8) is 0 Å². The summed E-state index contributed by atoms with van der Waals surface area (Å²) in [6.45, 7) is 8.65. The van der Waals surface area contributed by atoms with Crippen molar-refractivity contribution in [2.45, 2.75) is 12.6 Å². The molecule has 47 heavy (non-hydrogen) atoms. The number of rotatable bonds is 13. The van der Waals surface area contributed by atoms with Crippen LogP contribution in [0.2, 0.25) is 0 Å². The van der Waals surface area contributed by atoms with E-state index in [1.807, 2.05) is 23.6 Å². The van der Waals surface area contributed by atoms with E-state index in [1.165, 1.54) is 17.8 Å². The summed E-state index contributed by atoms with van der Waals surface area (Å²) in [5.41, 5.74) is 1.56. The molecule has 3 heterocycles. The van der Waals surface area contributed by atoms with Crippen LogP contribution < -0.4 is 0 Å². The first kappa shape index (κ1) is 43.0. The summed E-state index contributed by atoms with van der Waals surface area (Å²) in [5, 5.41) is 19.9. The summed E-state index contributed by atoms with van der Waals surface area (Å²) in [4.78, 5) is 24.4. The van der Waals surface area contributed by atoms with Crippen molar-refractivity contribution in [2.75, 3.05) is 111 Å². The zero-order valence-corrected chi connectivity index (χ0v) is 30.4. The Balaban J connectivity index is 0.00000552. The molecular weight excluding hydrogens is 802 g/mol. The van der Waals surface area contributed by atoms with Crippen molar-refractivity contribution in [3.8, 4) is 5.40 Å². The number of aromatic carboxylic acids is 1. The minimum absolute atomic E-state index is 0. The van der Waals surface area contributed by atoms with Crippen LogP contribution in [-0.2, 0) is 56.0 Å². The average molecular weight is 849 g/mol. The van der Waals surface area contributed by atoms with Gasteiger partial charge in [-0.25, -0.2) is 9.78 Å². The van der Waals surface area contributed by atoms with Crippen LogP contribution in [0, 0.1) is 16.9 Å². The van der Waals surface area contributed by atoms with Crippen molar-refractivity contribution < 1.29 is 64.9 Å². The monoisotopic (exact) mass is 848 g/mol. The van der Waals surface area contributed by atoms with Crippen molar-refractivity contribution in [1.29, 1.82) is 5.26 Å². The van der Waals surface area contributed by atoms with Gasteiger partial charge in [-0.3, -0.25) is 9.80 Å². The molecular formula is C31H46N5O9SW-.